The van der Waals surface area contributed by atoms with Gasteiger partial charge in [0.25, 0.3) is 0 Å². The summed E-state index contributed by atoms with van der Waals surface area (Å²) in [5.74, 6) is -0.814. The Labute approximate surface area is 84.0 Å². The molecular weight excluding hydrogens is 232 g/mol. The van der Waals surface area contributed by atoms with Gasteiger partial charge in [0.1, 0.15) is 5.41 Å². The van der Waals surface area contributed by atoms with Crippen LogP contribution in [0.15, 0.2) is 40.9 Å². The van der Waals surface area contributed by atoms with Crippen molar-refractivity contribution in [2.45, 2.75) is 5.41 Å². The molecule has 0 amide bonds. The van der Waals surface area contributed by atoms with Crippen LogP contribution in [-0.2, 0) is 10.2 Å². The SMILES string of the molecule is O=C(O)C1(c2cccc(Br)c2)C=C1. The highest BCUT2D eigenvalue weighted by Gasteiger charge is 2.44. The predicted molar refractivity (Wildman–Crippen MR) is 52.6 cm³/mol. The summed E-state index contributed by atoms with van der Waals surface area (Å²) in [5, 5.41) is 8.97. The standard InChI is InChI=1S/C10H7BrO2/c11-8-3-1-2-7(6-8)10(4-5-10)9(12)13/h1-6H,(H,12,13). The fraction of sp³-hybridized carbons (Fsp3) is 0.100. The largest absolute Gasteiger partial charge is 0.480 e. The zero-order valence-corrected chi connectivity index (χ0v) is 8.28. The molecule has 0 saturated heterocycles. The Bertz CT molecular complexity index is 390. The van der Waals surface area contributed by atoms with Crippen LogP contribution in [0.1, 0.15) is 5.56 Å². The molecule has 66 valence electrons. The monoisotopic (exact) mass is 238 g/mol. The summed E-state index contributed by atoms with van der Waals surface area (Å²) in [4.78, 5) is 10.9. The maximum absolute atomic E-state index is 10.9. The van der Waals surface area contributed by atoms with Crippen molar-refractivity contribution < 1.29 is 9.90 Å². The molecule has 1 aliphatic carbocycles. The topological polar surface area (TPSA) is 37.3 Å². The van der Waals surface area contributed by atoms with E-state index in [4.69, 9.17) is 5.11 Å². The molecule has 0 unspecified atom stereocenters. The molecule has 0 spiro atoms. The summed E-state index contributed by atoms with van der Waals surface area (Å²) in [5.41, 5.74) is -0.0292. The van der Waals surface area contributed by atoms with Gasteiger partial charge in [-0.25, -0.2) is 0 Å². The maximum Gasteiger partial charge on any atom is 0.321 e. The van der Waals surface area contributed by atoms with Crippen LogP contribution in [0, 0.1) is 0 Å². The molecule has 0 radical (unpaired) electrons. The summed E-state index contributed by atoms with van der Waals surface area (Å²) in [6.45, 7) is 0. The van der Waals surface area contributed by atoms with E-state index in [2.05, 4.69) is 15.9 Å². The van der Waals surface area contributed by atoms with E-state index >= 15 is 0 Å². The molecule has 0 aliphatic heterocycles. The van der Waals surface area contributed by atoms with Crippen molar-refractivity contribution >= 4 is 21.9 Å². The van der Waals surface area contributed by atoms with E-state index in [-0.39, 0.29) is 0 Å². The molecule has 0 atom stereocenters. The lowest BCUT2D eigenvalue weighted by atomic mass is 9.94. The lowest BCUT2D eigenvalue weighted by Gasteiger charge is -2.10. The molecule has 1 aliphatic rings. The van der Waals surface area contributed by atoms with Crippen molar-refractivity contribution in [1.29, 1.82) is 0 Å². The van der Waals surface area contributed by atoms with Gasteiger partial charge >= 0.3 is 5.97 Å². The highest BCUT2D eigenvalue weighted by atomic mass is 79.9. The van der Waals surface area contributed by atoms with Gasteiger partial charge in [-0.3, -0.25) is 4.79 Å². The Morgan fingerprint density at radius 2 is 2.08 bits per heavy atom. The van der Waals surface area contributed by atoms with Crippen molar-refractivity contribution in [1.82, 2.24) is 0 Å². The molecule has 2 rings (SSSR count). The van der Waals surface area contributed by atoms with Crippen molar-refractivity contribution in [3.63, 3.8) is 0 Å². The molecule has 0 saturated carbocycles. The van der Waals surface area contributed by atoms with Crippen LogP contribution in [0.3, 0.4) is 0 Å². The fourth-order valence-corrected chi connectivity index (χ4v) is 1.69. The van der Waals surface area contributed by atoms with Crippen LogP contribution in [0.4, 0.5) is 0 Å². The van der Waals surface area contributed by atoms with Crippen LogP contribution in [-0.4, -0.2) is 11.1 Å². The average Bonchev–Trinajstić information content (AvgIpc) is 2.83. The molecule has 0 bridgehead atoms. The van der Waals surface area contributed by atoms with E-state index in [1.165, 1.54) is 0 Å². The van der Waals surface area contributed by atoms with E-state index in [0.717, 1.165) is 10.0 Å². The minimum absolute atomic E-state index is 0.800. The molecule has 1 aromatic carbocycles. The Morgan fingerprint density at radius 3 is 2.54 bits per heavy atom. The van der Waals surface area contributed by atoms with Gasteiger partial charge < -0.3 is 5.11 Å². The van der Waals surface area contributed by atoms with E-state index in [1.54, 1.807) is 12.2 Å². The van der Waals surface area contributed by atoms with E-state index in [1.807, 2.05) is 24.3 Å². The van der Waals surface area contributed by atoms with Crippen molar-refractivity contribution in [2.24, 2.45) is 0 Å². The number of aliphatic carboxylic acids is 1. The van der Waals surface area contributed by atoms with E-state index in [0.29, 0.717) is 0 Å². The first-order valence-electron chi connectivity index (χ1n) is 3.85. The first-order valence-corrected chi connectivity index (χ1v) is 4.64. The van der Waals surface area contributed by atoms with Gasteiger partial charge in [0, 0.05) is 4.47 Å². The third kappa shape index (κ3) is 1.29. The van der Waals surface area contributed by atoms with Gasteiger partial charge in [0.2, 0.25) is 0 Å². The first kappa shape index (κ1) is 8.51. The van der Waals surface area contributed by atoms with Gasteiger partial charge in [-0.15, -0.1) is 0 Å². The highest BCUT2D eigenvalue weighted by molar-refractivity contribution is 9.10. The van der Waals surface area contributed by atoms with Crippen molar-refractivity contribution in [3.05, 3.63) is 46.5 Å². The molecule has 3 heteroatoms. The number of rotatable bonds is 2. The molecule has 1 N–H and O–H groups in total. The van der Waals surface area contributed by atoms with Gasteiger partial charge in [0.05, 0.1) is 0 Å². The normalized spacial score (nSPS) is 17.0. The summed E-state index contributed by atoms with van der Waals surface area (Å²) in [6, 6.07) is 7.36. The Hall–Kier alpha value is -1.09. The van der Waals surface area contributed by atoms with Crippen LogP contribution in [0.2, 0.25) is 0 Å². The Kier molecular flexibility index (Phi) is 1.77. The minimum Gasteiger partial charge on any atom is -0.480 e. The quantitative estimate of drug-likeness (QED) is 0.804. The number of carboxylic acid groups (broad SMARTS) is 1. The van der Waals surface area contributed by atoms with E-state index < -0.39 is 11.4 Å². The number of halogens is 1. The second-order valence-electron chi connectivity index (χ2n) is 3.02. The zero-order chi connectivity index (χ0) is 9.47. The van der Waals surface area contributed by atoms with Crippen molar-refractivity contribution in [2.75, 3.05) is 0 Å². The van der Waals surface area contributed by atoms with Gasteiger partial charge in [-0.1, -0.05) is 40.2 Å². The van der Waals surface area contributed by atoms with Crippen LogP contribution >= 0.6 is 15.9 Å². The van der Waals surface area contributed by atoms with Gasteiger partial charge in [-0.05, 0) is 17.7 Å². The van der Waals surface area contributed by atoms with Crippen LogP contribution in [0.25, 0.3) is 0 Å². The van der Waals surface area contributed by atoms with Crippen LogP contribution in [0.5, 0.6) is 0 Å². The van der Waals surface area contributed by atoms with Gasteiger partial charge in [0.15, 0.2) is 0 Å². The number of benzene rings is 1. The fourth-order valence-electron chi connectivity index (χ4n) is 1.29. The third-order valence-corrected chi connectivity index (χ3v) is 2.65. The predicted octanol–water partition coefficient (Wildman–Crippen LogP) is 2.34. The Balaban J connectivity index is 2.41. The molecule has 13 heavy (non-hydrogen) atoms. The molecule has 0 fully saturated rings. The summed E-state index contributed by atoms with van der Waals surface area (Å²) < 4.78 is 0.902. The Morgan fingerprint density at radius 1 is 1.38 bits per heavy atom. The number of hydrogen-bond acceptors (Lipinski definition) is 1. The molecule has 0 heterocycles. The number of carbonyl (C=O) groups is 1. The number of carboxylic acids is 1. The highest BCUT2D eigenvalue weighted by Crippen LogP contribution is 2.39. The molecule has 1 aromatic rings. The van der Waals surface area contributed by atoms with E-state index in [9.17, 15) is 4.79 Å². The minimum atomic E-state index is -0.830. The lowest BCUT2D eigenvalue weighted by molar-refractivity contribution is -0.139. The average molecular weight is 239 g/mol. The molecular formula is C10H7BrO2. The summed E-state index contributed by atoms with van der Waals surface area (Å²) in [6.07, 6.45) is 3.38. The third-order valence-electron chi connectivity index (χ3n) is 2.16. The molecule has 2 nitrogen and oxygen atoms in total. The molecule has 0 aromatic heterocycles. The first-order chi connectivity index (χ1) is 6.15. The van der Waals surface area contributed by atoms with Crippen molar-refractivity contribution in [3.8, 4) is 0 Å². The zero-order valence-electron chi connectivity index (χ0n) is 6.70. The summed E-state index contributed by atoms with van der Waals surface area (Å²) >= 11 is 3.31. The maximum atomic E-state index is 10.9. The smallest absolute Gasteiger partial charge is 0.321 e. The van der Waals surface area contributed by atoms with Gasteiger partial charge in [-0.2, -0.15) is 0 Å². The lowest BCUT2D eigenvalue weighted by Crippen LogP contribution is -2.21. The summed E-state index contributed by atoms with van der Waals surface area (Å²) in [7, 11) is 0. The number of hydrogen-bond donors (Lipinski definition) is 1. The van der Waals surface area contributed by atoms with Crippen LogP contribution < -0.4 is 0 Å². The second kappa shape index (κ2) is 2.70. The second-order valence-corrected chi connectivity index (χ2v) is 3.93.